The van der Waals surface area contributed by atoms with E-state index in [0.29, 0.717) is 31.1 Å². The average Bonchev–Trinajstić information content (AvgIpc) is 3.33. The Morgan fingerprint density at radius 1 is 1.00 bits per heavy atom. The number of nitrogens with zero attached hydrogens (tertiary/aromatic N) is 3. The Hall–Kier alpha value is -1.18. The van der Waals surface area contributed by atoms with Crippen LogP contribution < -0.4 is 0 Å². The van der Waals surface area contributed by atoms with E-state index in [-0.39, 0.29) is 36.0 Å². The lowest BCUT2D eigenvalue weighted by Gasteiger charge is -2.55. The molecule has 0 aromatic rings. The summed E-state index contributed by atoms with van der Waals surface area (Å²) in [5, 5.41) is 0. The predicted octanol–water partition coefficient (Wildman–Crippen LogP) is 2.92. The predicted molar refractivity (Wildman–Crippen MR) is 128 cm³/mol. The van der Waals surface area contributed by atoms with Crippen LogP contribution >= 0.6 is 0 Å². The number of ether oxygens (including phenoxy) is 2. The van der Waals surface area contributed by atoms with Crippen LogP contribution in [0.3, 0.4) is 0 Å². The van der Waals surface area contributed by atoms with Crippen LogP contribution in [-0.4, -0.2) is 97.2 Å². The molecule has 0 radical (unpaired) electrons. The quantitative estimate of drug-likeness (QED) is 0.606. The number of amides is 2. The van der Waals surface area contributed by atoms with Gasteiger partial charge < -0.3 is 24.2 Å². The first-order chi connectivity index (χ1) is 15.8. The summed E-state index contributed by atoms with van der Waals surface area (Å²) in [6.07, 6.45) is 9.86. The summed E-state index contributed by atoms with van der Waals surface area (Å²) < 4.78 is 11.9. The van der Waals surface area contributed by atoms with E-state index in [9.17, 15) is 9.59 Å². The van der Waals surface area contributed by atoms with E-state index in [1.54, 1.807) is 6.92 Å². The third kappa shape index (κ3) is 5.73. The zero-order chi connectivity index (χ0) is 23.5. The second-order valence-electron chi connectivity index (χ2n) is 11.2. The Labute approximate surface area is 200 Å². The van der Waals surface area contributed by atoms with Gasteiger partial charge in [-0.3, -0.25) is 9.59 Å². The number of hydrogen-bond acceptors (Lipinski definition) is 5. The molecule has 4 rings (SSSR count). The van der Waals surface area contributed by atoms with Gasteiger partial charge in [0.05, 0.1) is 24.8 Å². The maximum absolute atomic E-state index is 13.4. The van der Waals surface area contributed by atoms with Crippen molar-refractivity contribution >= 4 is 11.8 Å². The first-order valence-corrected chi connectivity index (χ1v) is 13.3. The van der Waals surface area contributed by atoms with Crippen molar-refractivity contribution in [1.82, 2.24) is 14.7 Å². The smallest absolute Gasteiger partial charge is 0.252 e. The number of piperazine rings is 1. The van der Waals surface area contributed by atoms with Crippen molar-refractivity contribution in [2.24, 2.45) is 11.8 Å². The summed E-state index contributed by atoms with van der Waals surface area (Å²) in [4.78, 5) is 32.3. The maximum atomic E-state index is 13.4. The molecule has 33 heavy (non-hydrogen) atoms. The zero-order valence-electron chi connectivity index (χ0n) is 21.2. The summed E-state index contributed by atoms with van der Waals surface area (Å²) in [5.41, 5.74) is 0. The van der Waals surface area contributed by atoms with Crippen LogP contribution in [0.4, 0.5) is 0 Å². The summed E-state index contributed by atoms with van der Waals surface area (Å²) in [6, 6.07) is 0.355. The number of likely N-dealkylation sites (N-methyl/N-ethyl adjacent to an activating group) is 1. The lowest BCUT2D eigenvalue weighted by atomic mass is 9.69. The second-order valence-corrected chi connectivity index (χ2v) is 11.2. The molecule has 0 aromatic carbocycles. The Bertz CT molecular complexity index is 672. The van der Waals surface area contributed by atoms with Gasteiger partial charge in [-0.1, -0.05) is 0 Å². The van der Waals surface area contributed by atoms with Gasteiger partial charge in [0.15, 0.2) is 0 Å². The van der Waals surface area contributed by atoms with Gasteiger partial charge in [0.2, 0.25) is 5.91 Å². The normalized spacial score (nSPS) is 37.3. The van der Waals surface area contributed by atoms with Gasteiger partial charge in [-0.05, 0) is 90.6 Å². The second kappa shape index (κ2) is 11.0. The van der Waals surface area contributed by atoms with Crippen LogP contribution in [-0.2, 0) is 19.1 Å². The Morgan fingerprint density at radius 2 is 1.73 bits per heavy atom. The standard InChI is InChI=1S/C26H45N3O4/c1-18-17-28(26(31)25-6-5-14-33-25)24-16-21(9-12-23(24)29(18)19(2)30)20-7-10-22(11-8-20)32-15-13-27(3)4/h18,20-25H,5-17H2,1-4H3/t18-,20?,21?,22?,23?,24?,25?/m0/s1. The number of rotatable bonds is 6. The number of carbonyl (C=O) groups is 2. The molecule has 2 aliphatic heterocycles. The topological polar surface area (TPSA) is 62.3 Å². The molecule has 7 heteroatoms. The molecule has 2 heterocycles. The summed E-state index contributed by atoms with van der Waals surface area (Å²) >= 11 is 0. The molecule has 0 N–H and O–H groups in total. The highest BCUT2D eigenvalue weighted by Gasteiger charge is 2.48. The number of fused-ring (bicyclic) bond motifs is 1. The van der Waals surface area contributed by atoms with Crippen LogP contribution in [0.5, 0.6) is 0 Å². The third-order valence-electron chi connectivity index (χ3n) is 8.64. The van der Waals surface area contributed by atoms with Gasteiger partial charge in [-0.15, -0.1) is 0 Å². The molecule has 0 spiro atoms. The van der Waals surface area contributed by atoms with E-state index in [4.69, 9.17) is 9.47 Å². The molecule has 2 saturated heterocycles. The van der Waals surface area contributed by atoms with Gasteiger partial charge in [-0.2, -0.15) is 0 Å². The fraction of sp³-hybridized carbons (Fsp3) is 0.923. The monoisotopic (exact) mass is 463 g/mol. The van der Waals surface area contributed by atoms with Gasteiger partial charge in [0.1, 0.15) is 6.10 Å². The minimum absolute atomic E-state index is 0.0698. The average molecular weight is 464 g/mol. The highest BCUT2D eigenvalue weighted by atomic mass is 16.5. The van der Waals surface area contributed by atoms with Crippen LogP contribution in [0.1, 0.15) is 71.6 Å². The fourth-order valence-corrected chi connectivity index (χ4v) is 6.97. The van der Waals surface area contributed by atoms with E-state index < -0.39 is 0 Å². The zero-order valence-corrected chi connectivity index (χ0v) is 21.2. The van der Waals surface area contributed by atoms with E-state index in [1.165, 1.54) is 12.8 Å². The lowest BCUT2D eigenvalue weighted by molar-refractivity contribution is -0.160. The summed E-state index contributed by atoms with van der Waals surface area (Å²) in [5.74, 6) is 1.66. The van der Waals surface area contributed by atoms with Gasteiger partial charge in [0, 0.05) is 32.7 Å². The Balaban J connectivity index is 1.39. The van der Waals surface area contributed by atoms with Crippen molar-refractivity contribution in [3.8, 4) is 0 Å². The molecule has 2 amide bonds. The number of carbonyl (C=O) groups excluding carboxylic acids is 2. The molecule has 4 fully saturated rings. The molecule has 4 unspecified atom stereocenters. The highest BCUT2D eigenvalue weighted by Crippen LogP contribution is 2.43. The van der Waals surface area contributed by atoms with E-state index >= 15 is 0 Å². The van der Waals surface area contributed by atoms with Crippen molar-refractivity contribution in [1.29, 1.82) is 0 Å². The Morgan fingerprint density at radius 3 is 2.36 bits per heavy atom. The van der Waals surface area contributed by atoms with E-state index in [1.807, 2.05) is 0 Å². The fourth-order valence-electron chi connectivity index (χ4n) is 6.97. The largest absolute Gasteiger partial charge is 0.377 e. The van der Waals surface area contributed by atoms with Crippen molar-refractivity contribution in [2.75, 3.05) is 40.4 Å². The lowest BCUT2D eigenvalue weighted by Crippen LogP contribution is -2.68. The molecular weight excluding hydrogens is 418 g/mol. The molecule has 2 saturated carbocycles. The molecule has 0 aromatic heterocycles. The molecule has 5 atom stereocenters. The van der Waals surface area contributed by atoms with Gasteiger partial charge in [-0.25, -0.2) is 0 Å². The molecule has 0 bridgehead atoms. The molecule has 2 aliphatic carbocycles. The Kier molecular flexibility index (Phi) is 8.34. The highest BCUT2D eigenvalue weighted by molar-refractivity contribution is 5.82. The molecule has 7 nitrogen and oxygen atoms in total. The van der Waals surface area contributed by atoms with Crippen LogP contribution in [0.2, 0.25) is 0 Å². The van der Waals surface area contributed by atoms with Gasteiger partial charge >= 0.3 is 0 Å². The molecular formula is C26H45N3O4. The van der Waals surface area contributed by atoms with Crippen molar-refractivity contribution in [3.63, 3.8) is 0 Å². The number of hydrogen-bond donors (Lipinski definition) is 0. The van der Waals surface area contributed by atoms with Crippen LogP contribution in [0, 0.1) is 11.8 Å². The van der Waals surface area contributed by atoms with Crippen molar-refractivity contribution in [2.45, 2.75) is 102 Å². The minimum Gasteiger partial charge on any atom is -0.377 e. The van der Waals surface area contributed by atoms with Crippen molar-refractivity contribution in [3.05, 3.63) is 0 Å². The maximum Gasteiger partial charge on any atom is 0.252 e. The molecule has 188 valence electrons. The van der Waals surface area contributed by atoms with E-state index in [0.717, 1.165) is 58.1 Å². The van der Waals surface area contributed by atoms with E-state index in [2.05, 4.69) is 35.7 Å². The van der Waals surface area contributed by atoms with Crippen LogP contribution in [0.25, 0.3) is 0 Å². The van der Waals surface area contributed by atoms with Crippen molar-refractivity contribution < 1.29 is 19.1 Å². The van der Waals surface area contributed by atoms with Crippen LogP contribution in [0.15, 0.2) is 0 Å². The van der Waals surface area contributed by atoms with Gasteiger partial charge in [0.25, 0.3) is 5.91 Å². The summed E-state index contributed by atoms with van der Waals surface area (Å²) in [6.45, 7) is 6.90. The molecule has 4 aliphatic rings. The SMILES string of the molecule is CC(=O)N1C2CCC(C3CCC(OCCN(C)C)CC3)CC2N(C(=O)C2CCCO2)C[C@@H]1C. The first-order valence-electron chi connectivity index (χ1n) is 13.3. The summed E-state index contributed by atoms with van der Waals surface area (Å²) in [7, 11) is 4.17. The first kappa shape index (κ1) is 24.9. The minimum atomic E-state index is -0.281. The third-order valence-corrected chi connectivity index (χ3v) is 8.64.